The Labute approximate surface area is 93.9 Å². The maximum absolute atomic E-state index is 9.08. The highest BCUT2D eigenvalue weighted by Crippen LogP contribution is 2.27. The van der Waals surface area contributed by atoms with Gasteiger partial charge < -0.3 is 10.1 Å². The van der Waals surface area contributed by atoms with Gasteiger partial charge in [-0.2, -0.15) is 0 Å². The molecule has 1 aromatic heterocycles. The van der Waals surface area contributed by atoms with Gasteiger partial charge in [-0.1, -0.05) is 11.6 Å². The number of hydrogen-bond donors (Lipinski definition) is 2. The molecule has 0 spiro atoms. The lowest BCUT2D eigenvalue weighted by Crippen LogP contribution is -1.80. The largest absolute Gasteiger partial charge is 0.493 e. The molecule has 0 unspecified atom stereocenters. The van der Waals surface area contributed by atoms with Crippen molar-refractivity contribution in [3.8, 4) is 17.3 Å². The fourth-order valence-corrected chi connectivity index (χ4v) is 1.60. The van der Waals surface area contributed by atoms with Crippen LogP contribution in [-0.2, 0) is 0 Å². The molecule has 1 aromatic carbocycles. The van der Waals surface area contributed by atoms with Crippen LogP contribution in [0.1, 0.15) is 0 Å². The van der Waals surface area contributed by atoms with E-state index in [2.05, 4.69) is 25.9 Å². The number of nitrogens with zero attached hydrogens (tertiary/aromatic N) is 1. The van der Waals surface area contributed by atoms with Crippen LogP contribution >= 0.6 is 27.5 Å². The Kier molecular flexibility index (Phi) is 2.48. The van der Waals surface area contributed by atoms with Gasteiger partial charge in [-0.05, 0) is 34.1 Å². The first-order valence-electron chi connectivity index (χ1n) is 3.86. The lowest BCUT2D eigenvalue weighted by atomic mass is 10.2. The van der Waals surface area contributed by atoms with E-state index in [0.29, 0.717) is 10.8 Å². The normalized spacial score (nSPS) is 10.4. The van der Waals surface area contributed by atoms with E-state index in [4.69, 9.17) is 16.7 Å². The molecule has 5 heteroatoms. The van der Waals surface area contributed by atoms with Crippen LogP contribution in [0.25, 0.3) is 11.4 Å². The van der Waals surface area contributed by atoms with Crippen molar-refractivity contribution in [1.82, 2.24) is 9.97 Å². The maximum Gasteiger partial charge on any atom is 0.208 e. The number of aromatic hydroxyl groups is 1. The van der Waals surface area contributed by atoms with Gasteiger partial charge in [-0.15, -0.1) is 0 Å². The zero-order valence-corrected chi connectivity index (χ0v) is 9.30. The molecule has 0 atom stereocenters. The molecular weight excluding hydrogens is 267 g/mol. The van der Waals surface area contributed by atoms with Crippen LogP contribution in [0.15, 0.2) is 28.9 Å². The van der Waals surface area contributed by atoms with Crippen LogP contribution in [-0.4, -0.2) is 15.1 Å². The first-order valence-corrected chi connectivity index (χ1v) is 5.03. The van der Waals surface area contributed by atoms with E-state index in [1.54, 1.807) is 6.07 Å². The molecule has 0 aliphatic rings. The Hall–Kier alpha value is -1.00. The Morgan fingerprint density at radius 3 is 2.79 bits per heavy atom. The molecule has 0 fully saturated rings. The Bertz CT molecular complexity index is 470. The van der Waals surface area contributed by atoms with E-state index < -0.39 is 0 Å². The first-order chi connectivity index (χ1) is 6.66. The SMILES string of the molecule is Oc1cnc(-c2ccc(Cl)c(Br)c2)[nH]1. The molecule has 0 aliphatic heterocycles. The number of H-pyrrole nitrogens is 1. The standard InChI is InChI=1S/C9H6BrClN2O/c10-6-3-5(1-2-7(6)11)9-12-4-8(14)13-9/h1-4,14H,(H,12,13). The monoisotopic (exact) mass is 272 g/mol. The summed E-state index contributed by atoms with van der Waals surface area (Å²) in [5, 5.41) is 9.73. The minimum Gasteiger partial charge on any atom is -0.493 e. The van der Waals surface area contributed by atoms with Gasteiger partial charge in [0, 0.05) is 10.0 Å². The molecule has 1 heterocycles. The quantitative estimate of drug-likeness (QED) is 0.838. The van der Waals surface area contributed by atoms with Crippen LogP contribution < -0.4 is 0 Å². The number of aromatic nitrogens is 2. The molecule has 2 aromatic rings. The lowest BCUT2D eigenvalue weighted by molar-refractivity contribution is 0.457. The molecule has 0 amide bonds. The maximum atomic E-state index is 9.08. The van der Waals surface area contributed by atoms with Crippen molar-refractivity contribution < 1.29 is 5.11 Å². The van der Waals surface area contributed by atoms with E-state index in [0.717, 1.165) is 10.0 Å². The second-order valence-electron chi connectivity index (χ2n) is 2.75. The number of aromatic amines is 1. The Morgan fingerprint density at radius 2 is 2.21 bits per heavy atom. The predicted molar refractivity (Wildman–Crippen MR) is 58.4 cm³/mol. The molecule has 14 heavy (non-hydrogen) atoms. The predicted octanol–water partition coefficient (Wildman–Crippen LogP) is 3.20. The highest BCUT2D eigenvalue weighted by molar-refractivity contribution is 9.10. The van der Waals surface area contributed by atoms with E-state index in [1.165, 1.54) is 6.20 Å². The number of benzene rings is 1. The van der Waals surface area contributed by atoms with Gasteiger partial charge in [0.25, 0.3) is 0 Å². The topological polar surface area (TPSA) is 48.9 Å². The second-order valence-corrected chi connectivity index (χ2v) is 4.01. The summed E-state index contributed by atoms with van der Waals surface area (Å²) in [5.74, 6) is 0.658. The summed E-state index contributed by atoms with van der Waals surface area (Å²) >= 11 is 9.16. The van der Waals surface area contributed by atoms with Crippen LogP contribution in [0.2, 0.25) is 5.02 Å². The van der Waals surface area contributed by atoms with E-state index in [-0.39, 0.29) is 5.88 Å². The number of rotatable bonds is 1. The molecule has 0 bridgehead atoms. The smallest absolute Gasteiger partial charge is 0.208 e. The van der Waals surface area contributed by atoms with Gasteiger partial charge >= 0.3 is 0 Å². The molecule has 3 nitrogen and oxygen atoms in total. The fraction of sp³-hybridized carbons (Fsp3) is 0. The first kappa shape index (κ1) is 9.55. The van der Waals surface area contributed by atoms with E-state index in [1.807, 2.05) is 12.1 Å². The van der Waals surface area contributed by atoms with E-state index >= 15 is 0 Å². The fourth-order valence-electron chi connectivity index (χ4n) is 1.10. The Morgan fingerprint density at radius 1 is 1.43 bits per heavy atom. The zero-order chi connectivity index (χ0) is 10.1. The van der Waals surface area contributed by atoms with Gasteiger partial charge in [0.05, 0.1) is 11.2 Å². The summed E-state index contributed by atoms with van der Waals surface area (Å²) in [4.78, 5) is 6.71. The summed E-state index contributed by atoms with van der Waals surface area (Å²) in [6, 6.07) is 5.42. The Balaban J connectivity index is 2.47. The summed E-state index contributed by atoms with van der Waals surface area (Å²) in [5.41, 5.74) is 0.863. The van der Waals surface area contributed by atoms with Crippen molar-refractivity contribution in [1.29, 1.82) is 0 Å². The summed E-state index contributed by atoms with van der Waals surface area (Å²) < 4.78 is 0.799. The van der Waals surface area contributed by atoms with Crippen LogP contribution in [0.5, 0.6) is 5.88 Å². The molecule has 0 aliphatic carbocycles. The van der Waals surface area contributed by atoms with Crippen molar-refractivity contribution in [3.63, 3.8) is 0 Å². The highest BCUT2D eigenvalue weighted by atomic mass is 79.9. The van der Waals surface area contributed by atoms with E-state index in [9.17, 15) is 0 Å². The van der Waals surface area contributed by atoms with Gasteiger partial charge in [0.15, 0.2) is 0 Å². The number of halogens is 2. The second kappa shape index (κ2) is 3.63. The highest BCUT2D eigenvalue weighted by Gasteiger charge is 2.04. The molecule has 2 rings (SSSR count). The number of hydrogen-bond acceptors (Lipinski definition) is 2. The molecule has 0 saturated heterocycles. The van der Waals surface area contributed by atoms with Gasteiger partial charge in [0.1, 0.15) is 5.82 Å². The summed E-state index contributed by atoms with van der Waals surface area (Å²) in [7, 11) is 0. The number of nitrogens with one attached hydrogen (secondary N) is 1. The minimum absolute atomic E-state index is 0.0473. The van der Waals surface area contributed by atoms with Gasteiger partial charge in [-0.3, -0.25) is 0 Å². The third-order valence-electron chi connectivity index (χ3n) is 1.76. The average molecular weight is 274 g/mol. The lowest BCUT2D eigenvalue weighted by Gasteiger charge is -1.99. The van der Waals surface area contributed by atoms with Crippen LogP contribution in [0.4, 0.5) is 0 Å². The molecule has 0 radical (unpaired) electrons. The van der Waals surface area contributed by atoms with Gasteiger partial charge in [0.2, 0.25) is 5.88 Å². The average Bonchev–Trinajstić information content (AvgIpc) is 2.57. The van der Waals surface area contributed by atoms with Crippen LogP contribution in [0.3, 0.4) is 0 Å². The zero-order valence-electron chi connectivity index (χ0n) is 6.96. The third-order valence-corrected chi connectivity index (χ3v) is 2.97. The van der Waals surface area contributed by atoms with Crippen molar-refractivity contribution in [2.75, 3.05) is 0 Å². The van der Waals surface area contributed by atoms with Crippen molar-refractivity contribution in [2.24, 2.45) is 0 Å². The molecule has 0 saturated carbocycles. The molecular formula is C9H6BrClN2O. The number of imidazole rings is 1. The van der Waals surface area contributed by atoms with Crippen molar-refractivity contribution in [3.05, 3.63) is 33.9 Å². The molecule has 2 N–H and O–H groups in total. The minimum atomic E-state index is 0.0473. The third kappa shape index (κ3) is 1.76. The van der Waals surface area contributed by atoms with Gasteiger partial charge in [-0.25, -0.2) is 4.98 Å². The summed E-state index contributed by atoms with van der Waals surface area (Å²) in [6.45, 7) is 0. The van der Waals surface area contributed by atoms with Crippen molar-refractivity contribution in [2.45, 2.75) is 0 Å². The van der Waals surface area contributed by atoms with Crippen LogP contribution in [0, 0.1) is 0 Å². The van der Waals surface area contributed by atoms with Crippen molar-refractivity contribution >= 4 is 27.5 Å². The summed E-state index contributed by atoms with van der Waals surface area (Å²) in [6.07, 6.45) is 1.36. The molecule has 72 valence electrons.